The summed E-state index contributed by atoms with van der Waals surface area (Å²) < 4.78 is 0. The lowest BCUT2D eigenvalue weighted by Crippen LogP contribution is -2.44. The van der Waals surface area contributed by atoms with Crippen LogP contribution in [0.2, 0.25) is 0 Å². The van der Waals surface area contributed by atoms with Crippen LogP contribution in [0.5, 0.6) is 0 Å². The van der Waals surface area contributed by atoms with Crippen molar-refractivity contribution in [3.63, 3.8) is 0 Å². The molecule has 0 rings (SSSR count). The molecule has 34 heavy (non-hydrogen) atoms. The second kappa shape index (κ2) is 21.2. The summed E-state index contributed by atoms with van der Waals surface area (Å²) in [5, 5.41) is 29.8. The highest BCUT2D eigenvalue weighted by atomic mass is 32.2. The fraction of sp³-hybridized carbons (Fsp3) is 0.560. The zero-order chi connectivity index (χ0) is 25.6. The van der Waals surface area contributed by atoms with Gasteiger partial charge in [-0.25, -0.2) is 0 Å². The molecule has 0 saturated carbocycles. The molecule has 0 spiro atoms. The maximum absolute atomic E-state index is 11.9. The van der Waals surface area contributed by atoms with Gasteiger partial charge in [0.2, 0.25) is 5.91 Å². The predicted octanol–water partition coefficient (Wildman–Crippen LogP) is 3.43. The Labute approximate surface area is 207 Å². The number of rotatable bonds is 20. The average Bonchev–Trinajstić information content (AvgIpc) is 2.79. The standard InChI is InChI=1S/C25H40N2O6S/c1-2-3-12-15-21(28)22(34-19-20(26)25(33)27-18-24(31)32)16-13-10-8-6-4-5-7-9-11-14-17-23(29)30/h4,6-10,13,16,20-22,28H,2-3,5,11-12,14-15,17-19,26H2,1H3,(H,27,33)(H,29,30)(H,31,32)/b6-4-,9-7-,10-8+,16-13+/t20-,21-,22+/m0/s1. The molecule has 0 aliphatic rings. The van der Waals surface area contributed by atoms with Gasteiger partial charge in [0.1, 0.15) is 6.54 Å². The van der Waals surface area contributed by atoms with Gasteiger partial charge >= 0.3 is 11.9 Å². The van der Waals surface area contributed by atoms with E-state index in [0.717, 1.165) is 32.1 Å². The molecule has 8 nitrogen and oxygen atoms in total. The van der Waals surface area contributed by atoms with Gasteiger partial charge in [-0.05, 0) is 25.7 Å². The van der Waals surface area contributed by atoms with Crippen LogP contribution in [0.1, 0.15) is 58.3 Å². The Kier molecular flexibility index (Phi) is 19.7. The van der Waals surface area contributed by atoms with E-state index in [9.17, 15) is 19.5 Å². The second-order valence-electron chi connectivity index (χ2n) is 7.77. The van der Waals surface area contributed by atoms with Crippen molar-refractivity contribution in [2.75, 3.05) is 12.3 Å². The summed E-state index contributed by atoms with van der Waals surface area (Å²) >= 11 is 1.37. The van der Waals surface area contributed by atoms with E-state index in [1.807, 2.05) is 48.6 Å². The number of nitrogens with two attached hydrogens (primary N) is 1. The molecule has 1 amide bonds. The maximum Gasteiger partial charge on any atom is 0.322 e. The van der Waals surface area contributed by atoms with E-state index in [-0.39, 0.29) is 17.4 Å². The topological polar surface area (TPSA) is 150 Å². The van der Waals surface area contributed by atoms with Crippen LogP contribution in [0.25, 0.3) is 0 Å². The lowest BCUT2D eigenvalue weighted by atomic mass is 10.1. The number of nitrogens with one attached hydrogen (secondary N) is 1. The average molecular weight is 497 g/mol. The normalized spacial score (nSPS) is 14.8. The molecule has 0 aliphatic carbocycles. The number of hydrogen-bond acceptors (Lipinski definition) is 6. The van der Waals surface area contributed by atoms with Crippen LogP contribution in [0.15, 0.2) is 48.6 Å². The lowest BCUT2D eigenvalue weighted by Gasteiger charge is -2.21. The molecule has 0 aromatic carbocycles. The van der Waals surface area contributed by atoms with E-state index < -0.39 is 36.5 Å². The van der Waals surface area contributed by atoms with Crippen molar-refractivity contribution in [3.8, 4) is 0 Å². The third-order valence-corrected chi connectivity index (χ3v) is 6.08. The number of carboxylic acids is 2. The van der Waals surface area contributed by atoms with Crippen LogP contribution in [0.4, 0.5) is 0 Å². The molecule has 0 aromatic heterocycles. The molecule has 0 unspecified atom stereocenters. The molecule has 0 radical (unpaired) electrons. The highest BCUT2D eigenvalue weighted by Crippen LogP contribution is 2.21. The molecular weight excluding hydrogens is 456 g/mol. The van der Waals surface area contributed by atoms with E-state index in [1.54, 1.807) is 0 Å². The molecule has 0 fully saturated rings. The van der Waals surface area contributed by atoms with Gasteiger partial charge in [0.15, 0.2) is 0 Å². The van der Waals surface area contributed by atoms with Gasteiger partial charge in [-0.2, -0.15) is 0 Å². The Morgan fingerprint density at radius 2 is 1.71 bits per heavy atom. The Morgan fingerprint density at radius 3 is 2.38 bits per heavy atom. The molecule has 0 heterocycles. The summed E-state index contributed by atoms with van der Waals surface area (Å²) in [6, 6.07) is -0.862. The van der Waals surface area contributed by atoms with E-state index in [4.69, 9.17) is 15.9 Å². The molecule has 0 bridgehead atoms. The summed E-state index contributed by atoms with van der Waals surface area (Å²) in [5.41, 5.74) is 5.86. The number of amides is 1. The first-order chi connectivity index (χ1) is 16.3. The molecule has 9 heteroatoms. The Balaban J connectivity index is 4.61. The number of carboxylic acid groups (broad SMARTS) is 2. The van der Waals surface area contributed by atoms with Crippen LogP contribution in [0, 0.1) is 0 Å². The Morgan fingerprint density at radius 1 is 0.971 bits per heavy atom. The quantitative estimate of drug-likeness (QED) is 0.0977. The Hall–Kier alpha value is -2.36. The van der Waals surface area contributed by atoms with Crippen molar-refractivity contribution < 1.29 is 29.7 Å². The zero-order valence-electron chi connectivity index (χ0n) is 20.0. The van der Waals surface area contributed by atoms with Crippen LogP contribution in [0.3, 0.4) is 0 Å². The van der Waals surface area contributed by atoms with Crippen molar-refractivity contribution in [2.45, 2.75) is 75.7 Å². The first kappa shape index (κ1) is 31.6. The van der Waals surface area contributed by atoms with E-state index in [1.165, 1.54) is 11.8 Å². The molecule has 192 valence electrons. The van der Waals surface area contributed by atoms with Gasteiger partial charge in [0.05, 0.1) is 12.1 Å². The number of carbonyl (C=O) groups is 3. The van der Waals surface area contributed by atoms with E-state index >= 15 is 0 Å². The second-order valence-corrected chi connectivity index (χ2v) is 8.98. The monoisotopic (exact) mass is 496 g/mol. The highest BCUT2D eigenvalue weighted by molar-refractivity contribution is 8.00. The third kappa shape index (κ3) is 19.1. The number of carbonyl (C=O) groups excluding carboxylic acids is 1. The first-order valence-corrected chi connectivity index (χ1v) is 12.7. The lowest BCUT2D eigenvalue weighted by molar-refractivity contribution is -0.138. The number of hydrogen-bond donors (Lipinski definition) is 5. The first-order valence-electron chi connectivity index (χ1n) is 11.7. The van der Waals surface area contributed by atoms with Crippen molar-refractivity contribution in [1.29, 1.82) is 0 Å². The molecular formula is C25H40N2O6S. The summed E-state index contributed by atoms with van der Waals surface area (Å²) in [7, 11) is 0. The van der Waals surface area contributed by atoms with Gasteiger partial charge in [-0.3, -0.25) is 14.4 Å². The van der Waals surface area contributed by atoms with Gasteiger partial charge < -0.3 is 26.4 Å². The van der Waals surface area contributed by atoms with Crippen molar-refractivity contribution >= 4 is 29.6 Å². The number of allylic oxidation sites excluding steroid dienone is 7. The number of thioether (sulfide) groups is 1. The minimum absolute atomic E-state index is 0.186. The minimum atomic E-state index is -1.13. The third-order valence-electron chi connectivity index (χ3n) is 4.67. The smallest absolute Gasteiger partial charge is 0.322 e. The highest BCUT2D eigenvalue weighted by Gasteiger charge is 2.20. The molecule has 0 saturated heterocycles. The van der Waals surface area contributed by atoms with Crippen LogP contribution < -0.4 is 11.1 Å². The number of unbranched alkanes of at least 4 members (excludes halogenated alkanes) is 3. The van der Waals surface area contributed by atoms with Gasteiger partial charge in [0, 0.05) is 17.4 Å². The fourth-order valence-electron chi connectivity index (χ4n) is 2.77. The summed E-state index contributed by atoms with van der Waals surface area (Å²) in [6.07, 6.45) is 20.8. The SMILES string of the molecule is CCCCC[C@H](O)[C@@H](/C=C/C=C/C=C\C/C=C\CCCC(=O)O)SC[C@H](N)C(=O)NCC(=O)O. The van der Waals surface area contributed by atoms with Crippen molar-refractivity contribution in [2.24, 2.45) is 5.73 Å². The number of aliphatic carboxylic acids is 2. The van der Waals surface area contributed by atoms with E-state index in [0.29, 0.717) is 12.8 Å². The molecule has 6 N–H and O–H groups in total. The predicted molar refractivity (Wildman–Crippen MR) is 138 cm³/mol. The molecule has 0 aromatic rings. The van der Waals surface area contributed by atoms with Crippen molar-refractivity contribution in [1.82, 2.24) is 5.32 Å². The largest absolute Gasteiger partial charge is 0.481 e. The summed E-state index contributed by atoms with van der Waals surface area (Å²) in [6.45, 7) is 1.62. The minimum Gasteiger partial charge on any atom is -0.481 e. The van der Waals surface area contributed by atoms with Crippen LogP contribution in [-0.4, -0.2) is 62.9 Å². The van der Waals surface area contributed by atoms with Crippen LogP contribution >= 0.6 is 11.8 Å². The van der Waals surface area contributed by atoms with Gasteiger partial charge in [-0.1, -0.05) is 74.8 Å². The van der Waals surface area contributed by atoms with Crippen molar-refractivity contribution in [3.05, 3.63) is 48.6 Å². The van der Waals surface area contributed by atoms with E-state index in [2.05, 4.69) is 12.2 Å². The molecule has 3 atom stereocenters. The number of aliphatic hydroxyl groups is 1. The Bertz CT molecular complexity index is 706. The fourth-order valence-corrected chi connectivity index (χ4v) is 3.91. The number of aliphatic hydroxyl groups excluding tert-OH is 1. The van der Waals surface area contributed by atoms with Gasteiger partial charge in [-0.15, -0.1) is 11.8 Å². The maximum atomic E-state index is 11.9. The summed E-state index contributed by atoms with van der Waals surface area (Å²) in [5.74, 6) is -2.18. The zero-order valence-corrected chi connectivity index (χ0v) is 20.8. The van der Waals surface area contributed by atoms with Crippen LogP contribution in [-0.2, 0) is 14.4 Å². The summed E-state index contributed by atoms with van der Waals surface area (Å²) in [4.78, 5) is 32.9. The van der Waals surface area contributed by atoms with Gasteiger partial charge in [0.25, 0.3) is 0 Å². The molecule has 0 aliphatic heterocycles.